The first-order valence-electron chi connectivity index (χ1n) is 5.64. The maximum atomic E-state index is 11.5. The molecule has 4 heteroatoms. The zero-order valence-electron chi connectivity index (χ0n) is 9.80. The van der Waals surface area contributed by atoms with Gasteiger partial charge in [-0.2, -0.15) is 0 Å². The molecule has 0 atom stereocenters. The molecule has 86 valence electrons. The summed E-state index contributed by atoms with van der Waals surface area (Å²) in [7, 11) is 0. The van der Waals surface area contributed by atoms with Crippen LogP contribution in [0.25, 0.3) is 0 Å². The number of esters is 1. The van der Waals surface area contributed by atoms with Crippen molar-refractivity contribution >= 4 is 5.97 Å². The lowest BCUT2D eigenvalue weighted by atomic mass is 9.94. The van der Waals surface area contributed by atoms with Gasteiger partial charge in [0.25, 0.3) is 0 Å². The van der Waals surface area contributed by atoms with Gasteiger partial charge in [-0.3, -0.25) is 4.79 Å². The van der Waals surface area contributed by atoms with Crippen LogP contribution in [0.15, 0.2) is 0 Å². The molecule has 2 aliphatic heterocycles. The normalized spacial score (nSPS) is 27.0. The lowest BCUT2D eigenvalue weighted by molar-refractivity contribution is -0.163. The van der Waals surface area contributed by atoms with Crippen molar-refractivity contribution in [3.8, 4) is 0 Å². The number of hydrogen-bond donors (Lipinski definition) is 1. The first kappa shape index (κ1) is 10.9. The smallest absolute Gasteiger partial charge is 0.322 e. The van der Waals surface area contributed by atoms with Crippen LogP contribution >= 0.6 is 0 Å². The highest BCUT2D eigenvalue weighted by molar-refractivity contribution is 5.74. The first-order valence-corrected chi connectivity index (χ1v) is 5.64. The molecule has 0 aromatic rings. The number of rotatable bonds is 0. The average molecular weight is 212 g/mol. The SMILES string of the molecule is CC(C)(C)N1CC(=O)OC12CCNCC2. The topological polar surface area (TPSA) is 41.6 Å². The van der Waals surface area contributed by atoms with Gasteiger partial charge < -0.3 is 10.1 Å². The maximum absolute atomic E-state index is 11.5. The highest BCUT2D eigenvalue weighted by Gasteiger charge is 2.51. The summed E-state index contributed by atoms with van der Waals surface area (Å²) in [6, 6.07) is 0. The van der Waals surface area contributed by atoms with Gasteiger partial charge in [0, 0.05) is 31.5 Å². The summed E-state index contributed by atoms with van der Waals surface area (Å²) in [5.74, 6) is -0.0770. The summed E-state index contributed by atoms with van der Waals surface area (Å²) in [5, 5.41) is 3.30. The Morgan fingerprint density at radius 2 is 1.93 bits per heavy atom. The van der Waals surface area contributed by atoms with Gasteiger partial charge in [0.1, 0.15) is 6.54 Å². The fraction of sp³-hybridized carbons (Fsp3) is 0.909. The monoisotopic (exact) mass is 212 g/mol. The third kappa shape index (κ3) is 1.88. The predicted molar refractivity (Wildman–Crippen MR) is 57.4 cm³/mol. The molecule has 0 amide bonds. The van der Waals surface area contributed by atoms with Crippen molar-refractivity contribution in [2.75, 3.05) is 19.6 Å². The molecule has 15 heavy (non-hydrogen) atoms. The summed E-state index contributed by atoms with van der Waals surface area (Å²) in [5.41, 5.74) is -0.343. The predicted octanol–water partition coefficient (Wildman–Crippen LogP) is 0.723. The number of nitrogens with zero attached hydrogens (tertiary/aromatic N) is 1. The van der Waals surface area contributed by atoms with Crippen molar-refractivity contribution < 1.29 is 9.53 Å². The molecule has 2 fully saturated rings. The van der Waals surface area contributed by atoms with E-state index < -0.39 is 0 Å². The number of piperidine rings is 1. The van der Waals surface area contributed by atoms with E-state index in [2.05, 4.69) is 31.0 Å². The minimum Gasteiger partial charge on any atom is -0.443 e. The van der Waals surface area contributed by atoms with E-state index in [1.165, 1.54) is 0 Å². The van der Waals surface area contributed by atoms with E-state index in [1.54, 1.807) is 0 Å². The lowest BCUT2D eigenvalue weighted by Crippen LogP contribution is -2.58. The van der Waals surface area contributed by atoms with Gasteiger partial charge >= 0.3 is 5.97 Å². The van der Waals surface area contributed by atoms with Crippen LogP contribution in [0.4, 0.5) is 0 Å². The van der Waals surface area contributed by atoms with Gasteiger partial charge in [-0.1, -0.05) is 0 Å². The number of nitrogens with one attached hydrogen (secondary N) is 1. The average Bonchev–Trinajstić information content (AvgIpc) is 2.43. The Morgan fingerprint density at radius 3 is 2.47 bits per heavy atom. The molecule has 2 aliphatic rings. The van der Waals surface area contributed by atoms with Gasteiger partial charge in [-0.05, 0) is 20.8 Å². The van der Waals surface area contributed by atoms with Gasteiger partial charge in [0.15, 0.2) is 5.72 Å². The molecule has 1 N–H and O–H groups in total. The summed E-state index contributed by atoms with van der Waals surface area (Å²) in [6.45, 7) is 8.71. The van der Waals surface area contributed by atoms with Crippen LogP contribution in [-0.2, 0) is 9.53 Å². The van der Waals surface area contributed by atoms with E-state index in [9.17, 15) is 4.79 Å². The molecule has 0 aromatic carbocycles. The number of carbonyl (C=O) groups is 1. The molecule has 0 bridgehead atoms. The molecule has 2 heterocycles. The molecule has 0 radical (unpaired) electrons. The van der Waals surface area contributed by atoms with Gasteiger partial charge in [-0.25, -0.2) is 4.90 Å². The molecular weight excluding hydrogens is 192 g/mol. The summed E-state index contributed by atoms with van der Waals surface area (Å²) in [6.07, 6.45) is 1.80. The van der Waals surface area contributed by atoms with Crippen molar-refractivity contribution in [1.82, 2.24) is 10.2 Å². The van der Waals surface area contributed by atoms with Crippen LogP contribution in [0.3, 0.4) is 0 Å². The van der Waals surface area contributed by atoms with Crippen LogP contribution in [-0.4, -0.2) is 41.8 Å². The largest absolute Gasteiger partial charge is 0.443 e. The highest BCUT2D eigenvalue weighted by Crippen LogP contribution is 2.37. The Bertz CT molecular complexity index is 264. The van der Waals surface area contributed by atoms with E-state index in [1.807, 2.05) is 0 Å². The van der Waals surface area contributed by atoms with E-state index in [-0.39, 0.29) is 17.2 Å². The number of ether oxygens (including phenoxy) is 1. The number of hydrogen-bond acceptors (Lipinski definition) is 4. The van der Waals surface area contributed by atoms with Crippen LogP contribution in [0, 0.1) is 0 Å². The fourth-order valence-corrected chi connectivity index (χ4v) is 2.61. The van der Waals surface area contributed by atoms with Crippen LogP contribution in [0.5, 0.6) is 0 Å². The fourth-order valence-electron chi connectivity index (χ4n) is 2.61. The van der Waals surface area contributed by atoms with Crippen molar-refractivity contribution in [2.45, 2.75) is 44.9 Å². The molecular formula is C11H20N2O2. The Morgan fingerprint density at radius 1 is 1.33 bits per heavy atom. The van der Waals surface area contributed by atoms with E-state index in [0.29, 0.717) is 6.54 Å². The minimum absolute atomic E-state index is 0.0104. The van der Waals surface area contributed by atoms with Gasteiger partial charge in [-0.15, -0.1) is 0 Å². The van der Waals surface area contributed by atoms with Gasteiger partial charge in [0.05, 0.1) is 0 Å². The van der Waals surface area contributed by atoms with Crippen molar-refractivity contribution in [2.24, 2.45) is 0 Å². The minimum atomic E-state index is -0.333. The third-order valence-electron chi connectivity index (χ3n) is 3.28. The zero-order chi connectivity index (χ0) is 11.1. The van der Waals surface area contributed by atoms with Gasteiger partial charge in [0.2, 0.25) is 0 Å². The standard InChI is InChI=1S/C11H20N2O2/c1-10(2,3)13-8-9(14)15-11(13)4-6-12-7-5-11/h12H,4-8H2,1-3H3. The lowest BCUT2D eigenvalue weighted by Gasteiger charge is -2.45. The Hall–Kier alpha value is -0.610. The molecule has 0 aliphatic carbocycles. The molecule has 0 unspecified atom stereocenters. The number of carbonyl (C=O) groups excluding carboxylic acids is 1. The maximum Gasteiger partial charge on any atom is 0.322 e. The Kier molecular flexibility index (Phi) is 2.51. The quantitative estimate of drug-likeness (QED) is 0.601. The molecule has 2 saturated heterocycles. The highest BCUT2D eigenvalue weighted by atomic mass is 16.6. The zero-order valence-corrected chi connectivity index (χ0v) is 9.80. The Labute approximate surface area is 91.0 Å². The van der Waals surface area contributed by atoms with Crippen LogP contribution < -0.4 is 5.32 Å². The van der Waals surface area contributed by atoms with E-state index >= 15 is 0 Å². The van der Waals surface area contributed by atoms with E-state index in [0.717, 1.165) is 25.9 Å². The summed E-state index contributed by atoms with van der Waals surface area (Å²) >= 11 is 0. The second-order valence-corrected chi connectivity index (χ2v) is 5.43. The first-order chi connectivity index (χ1) is 6.94. The summed E-state index contributed by atoms with van der Waals surface area (Å²) in [4.78, 5) is 13.7. The third-order valence-corrected chi connectivity index (χ3v) is 3.28. The van der Waals surface area contributed by atoms with E-state index in [4.69, 9.17) is 4.74 Å². The molecule has 4 nitrogen and oxygen atoms in total. The van der Waals surface area contributed by atoms with Crippen molar-refractivity contribution in [3.63, 3.8) is 0 Å². The van der Waals surface area contributed by atoms with Crippen molar-refractivity contribution in [3.05, 3.63) is 0 Å². The second kappa shape index (κ2) is 3.46. The molecule has 0 aromatic heterocycles. The second-order valence-electron chi connectivity index (χ2n) is 5.43. The molecule has 2 rings (SSSR count). The molecule has 1 spiro atoms. The van der Waals surface area contributed by atoms with Crippen LogP contribution in [0.2, 0.25) is 0 Å². The summed E-state index contributed by atoms with van der Waals surface area (Å²) < 4.78 is 5.58. The van der Waals surface area contributed by atoms with Crippen LogP contribution in [0.1, 0.15) is 33.6 Å². The van der Waals surface area contributed by atoms with Crippen molar-refractivity contribution in [1.29, 1.82) is 0 Å². The molecule has 0 saturated carbocycles. The Balaban J connectivity index is 2.24.